The van der Waals surface area contributed by atoms with E-state index in [1.807, 2.05) is 10.8 Å². The van der Waals surface area contributed by atoms with E-state index in [4.69, 9.17) is 21.1 Å². The van der Waals surface area contributed by atoms with Gasteiger partial charge in [0.05, 0.1) is 42.7 Å². The fraction of sp³-hybridized carbons (Fsp3) is 0.192. The third-order valence-corrected chi connectivity index (χ3v) is 7.59. The number of anilines is 1. The molecule has 7 nitrogen and oxygen atoms in total. The van der Waals surface area contributed by atoms with Crippen LogP contribution in [0.5, 0.6) is 11.5 Å². The molecule has 4 rings (SSSR count). The number of hydrogen-bond donors (Lipinski definition) is 0. The van der Waals surface area contributed by atoms with Crippen molar-refractivity contribution in [3.8, 4) is 11.5 Å². The standard InChI is InChI=1S/C26H24ClF2N3O4S/c1-35-25-4-2-5-26(36-15-3-13-31-14-12-30-18-31)22(25)17-32(24-16-20(28)8-11-23(24)29)37(33,34)21-9-6-19(27)7-10-21/h2,4-12,14,16,18H,3,13,15,17H2,1H3. The van der Waals surface area contributed by atoms with Gasteiger partial charge in [-0.1, -0.05) is 17.7 Å². The zero-order valence-corrected chi connectivity index (χ0v) is 21.4. The molecule has 0 saturated carbocycles. The van der Waals surface area contributed by atoms with Gasteiger partial charge in [-0.2, -0.15) is 0 Å². The number of ether oxygens (including phenoxy) is 2. The Balaban J connectivity index is 1.71. The second kappa shape index (κ2) is 11.6. The molecule has 4 aromatic rings. The van der Waals surface area contributed by atoms with Crippen LogP contribution >= 0.6 is 11.6 Å². The number of halogens is 3. The molecule has 0 bridgehead atoms. The van der Waals surface area contributed by atoms with Crippen LogP contribution in [0, 0.1) is 11.6 Å². The Kier molecular flexibility index (Phi) is 8.30. The van der Waals surface area contributed by atoms with Crippen molar-refractivity contribution in [1.82, 2.24) is 9.55 Å². The third kappa shape index (κ3) is 6.20. The van der Waals surface area contributed by atoms with Crippen molar-refractivity contribution in [3.05, 3.63) is 102 Å². The Morgan fingerprint density at radius 2 is 1.81 bits per heavy atom. The number of aryl methyl sites for hydroxylation is 1. The van der Waals surface area contributed by atoms with Gasteiger partial charge in [0.1, 0.15) is 23.1 Å². The molecule has 0 unspecified atom stereocenters. The molecule has 0 atom stereocenters. The van der Waals surface area contributed by atoms with Gasteiger partial charge in [0.25, 0.3) is 10.0 Å². The van der Waals surface area contributed by atoms with E-state index >= 15 is 0 Å². The van der Waals surface area contributed by atoms with Gasteiger partial charge in [0.15, 0.2) is 0 Å². The number of hydrogen-bond acceptors (Lipinski definition) is 5. The molecule has 0 amide bonds. The summed E-state index contributed by atoms with van der Waals surface area (Å²) in [5.41, 5.74) is -0.0965. The van der Waals surface area contributed by atoms with Gasteiger partial charge in [0.2, 0.25) is 0 Å². The molecule has 0 N–H and O–H groups in total. The van der Waals surface area contributed by atoms with Crippen LogP contribution in [0.25, 0.3) is 0 Å². The number of nitrogens with zero attached hydrogens (tertiary/aromatic N) is 3. The lowest BCUT2D eigenvalue weighted by molar-refractivity contribution is 0.296. The topological polar surface area (TPSA) is 73.7 Å². The lowest BCUT2D eigenvalue weighted by Crippen LogP contribution is -2.32. The lowest BCUT2D eigenvalue weighted by atomic mass is 10.1. The molecule has 0 radical (unpaired) electrons. The maximum absolute atomic E-state index is 14.9. The molecular weight excluding hydrogens is 524 g/mol. The average Bonchev–Trinajstić information content (AvgIpc) is 3.41. The Bertz CT molecular complexity index is 1450. The molecule has 0 aliphatic carbocycles. The van der Waals surface area contributed by atoms with E-state index in [-0.39, 0.29) is 11.4 Å². The van der Waals surface area contributed by atoms with Crippen LogP contribution < -0.4 is 13.8 Å². The second-order valence-electron chi connectivity index (χ2n) is 8.00. The smallest absolute Gasteiger partial charge is 0.264 e. The first-order chi connectivity index (χ1) is 17.8. The molecule has 11 heteroatoms. The molecule has 37 heavy (non-hydrogen) atoms. The maximum Gasteiger partial charge on any atom is 0.264 e. The summed E-state index contributed by atoms with van der Waals surface area (Å²) >= 11 is 5.93. The number of aromatic nitrogens is 2. The zero-order chi connectivity index (χ0) is 26.4. The van der Waals surface area contributed by atoms with Crippen molar-refractivity contribution in [2.45, 2.75) is 24.4 Å². The van der Waals surface area contributed by atoms with Gasteiger partial charge in [-0.15, -0.1) is 0 Å². The Morgan fingerprint density at radius 3 is 2.51 bits per heavy atom. The molecular formula is C26H24ClF2N3O4S. The van der Waals surface area contributed by atoms with Crippen LogP contribution in [0.4, 0.5) is 14.5 Å². The first kappa shape index (κ1) is 26.4. The molecule has 0 saturated heterocycles. The first-order valence-corrected chi connectivity index (χ1v) is 13.1. The number of methoxy groups -OCH3 is 1. The third-order valence-electron chi connectivity index (χ3n) is 5.57. The predicted molar refractivity (Wildman–Crippen MR) is 137 cm³/mol. The average molecular weight is 548 g/mol. The quantitative estimate of drug-likeness (QED) is 0.226. The van der Waals surface area contributed by atoms with E-state index in [0.717, 1.165) is 22.5 Å². The highest BCUT2D eigenvalue weighted by molar-refractivity contribution is 7.92. The lowest BCUT2D eigenvalue weighted by Gasteiger charge is -2.27. The highest BCUT2D eigenvalue weighted by Crippen LogP contribution is 2.35. The van der Waals surface area contributed by atoms with Crippen molar-refractivity contribution in [3.63, 3.8) is 0 Å². The molecule has 3 aromatic carbocycles. The summed E-state index contributed by atoms with van der Waals surface area (Å²) in [6, 6.07) is 13.1. The summed E-state index contributed by atoms with van der Waals surface area (Å²) in [5.74, 6) is -1.00. The SMILES string of the molecule is COc1cccc(OCCCn2ccnc2)c1CN(c1cc(F)ccc1F)S(=O)(=O)c1ccc(Cl)cc1. The van der Waals surface area contributed by atoms with Crippen LogP contribution in [0.2, 0.25) is 5.02 Å². The van der Waals surface area contributed by atoms with Crippen LogP contribution in [0.15, 0.2) is 84.3 Å². The molecule has 1 aromatic heterocycles. The van der Waals surface area contributed by atoms with Gasteiger partial charge < -0.3 is 14.0 Å². The molecule has 0 spiro atoms. The minimum absolute atomic E-state index is 0.141. The highest BCUT2D eigenvalue weighted by atomic mass is 35.5. The number of sulfonamides is 1. The molecule has 1 heterocycles. The van der Waals surface area contributed by atoms with Crippen molar-refractivity contribution >= 4 is 27.3 Å². The minimum atomic E-state index is -4.36. The minimum Gasteiger partial charge on any atom is -0.496 e. The first-order valence-electron chi connectivity index (χ1n) is 11.3. The summed E-state index contributed by atoms with van der Waals surface area (Å²) < 4.78 is 70.7. The largest absolute Gasteiger partial charge is 0.496 e. The zero-order valence-electron chi connectivity index (χ0n) is 19.9. The van der Waals surface area contributed by atoms with E-state index in [0.29, 0.717) is 41.7 Å². The van der Waals surface area contributed by atoms with Crippen molar-refractivity contribution < 1.29 is 26.7 Å². The van der Waals surface area contributed by atoms with Crippen LogP contribution in [0.1, 0.15) is 12.0 Å². The highest BCUT2D eigenvalue weighted by Gasteiger charge is 2.30. The maximum atomic E-state index is 14.9. The van der Waals surface area contributed by atoms with Gasteiger partial charge in [-0.05, 0) is 55.0 Å². The molecule has 0 aliphatic heterocycles. The normalized spacial score (nSPS) is 11.4. The number of rotatable bonds is 11. The van der Waals surface area contributed by atoms with Gasteiger partial charge in [-0.3, -0.25) is 4.31 Å². The monoisotopic (exact) mass is 547 g/mol. The molecule has 0 aliphatic rings. The van der Waals surface area contributed by atoms with Gasteiger partial charge >= 0.3 is 0 Å². The molecule has 194 valence electrons. The van der Waals surface area contributed by atoms with Crippen LogP contribution in [-0.4, -0.2) is 31.7 Å². The van der Waals surface area contributed by atoms with Gasteiger partial charge in [0, 0.05) is 30.0 Å². The fourth-order valence-corrected chi connectivity index (χ4v) is 5.29. The van der Waals surface area contributed by atoms with E-state index in [1.165, 1.54) is 31.4 Å². The Labute approximate surface area is 218 Å². The van der Waals surface area contributed by atoms with Crippen LogP contribution in [-0.2, 0) is 23.1 Å². The number of imidazole rings is 1. The fourth-order valence-electron chi connectivity index (χ4n) is 3.73. The second-order valence-corrected chi connectivity index (χ2v) is 10.3. The van der Waals surface area contributed by atoms with Crippen LogP contribution in [0.3, 0.4) is 0 Å². The summed E-state index contributed by atoms with van der Waals surface area (Å²) in [7, 11) is -2.93. The summed E-state index contributed by atoms with van der Waals surface area (Å²) in [6.45, 7) is 0.605. The van der Waals surface area contributed by atoms with Gasteiger partial charge in [-0.25, -0.2) is 22.2 Å². The Morgan fingerprint density at radius 1 is 1.05 bits per heavy atom. The summed E-state index contributed by atoms with van der Waals surface area (Å²) in [4.78, 5) is 3.86. The predicted octanol–water partition coefficient (Wildman–Crippen LogP) is 5.69. The van der Waals surface area contributed by atoms with E-state index in [9.17, 15) is 17.2 Å². The van der Waals surface area contributed by atoms with Crippen molar-refractivity contribution in [2.24, 2.45) is 0 Å². The molecule has 0 fully saturated rings. The summed E-state index contributed by atoms with van der Waals surface area (Å²) in [6.07, 6.45) is 5.87. The van der Waals surface area contributed by atoms with E-state index in [2.05, 4.69) is 4.98 Å². The number of benzene rings is 3. The Hall–Kier alpha value is -3.63. The van der Waals surface area contributed by atoms with Crippen molar-refractivity contribution in [2.75, 3.05) is 18.0 Å². The van der Waals surface area contributed by atoms with E-state index < -0.39 is 27.3 Å². The van der Waals surface area contributed by atoms with E-state index in [1.54, 1.807) is 30.7 Å². The van der Waals surface area contributed by atoms with Crippen molar-refractivity contribution in [1.29, 1.82) is 0 Å². The summed E-state index contributed by atoms with van der Waals surface area (Å²) in [5, 5.41) is 0.332.